The minimum atomic E-state index is 0.426. The molecule has 1 atom stereocenters. The van der Waals surface area contributed by atoms with Gasteiger partial charge in [0.05, 0.1) is 12.8 Å². The number of hydrogen-bond acceptors (Lipinski definition) is 2. The van der Waals surface area contributed by atoms with Crippen LogP contribution in [0.2, 0.25) is 0 Å². The molecule has 62 valence electrons. The number of nitrogens with zero attached hydrogens (tertiary/aromatic N) is 1. The molecule has 0 aromatic heterocycles. The summed E-state index contributed by atoms with van der Waals surface area (Å²) in [5, 5.41) is 0. The summed E-state index contributed by atoms with van der Waals surface area (Å²) in [5.74, 6) is 1.33. The van der Waals surface area contributed by atoms with Gasteiger partial charge in [-0.05, 0) is 23.8 Å². The van der Waals surface area contributed by atoms with E-state index in [1.165, 1.54) is 5.56 Å². The fraction of sp³-hybridized carbons (Fsp3) is 0.300. The molecule has 0 aliphatic carbocycles. The van der Waals surface area contributed by atoms with Crippen LogP contribution in [0, 0.1) is 0 Å². The van der Waals surface area contributed by atoms with Crippen molar-refractivity contribution in [3.8, 4) is 5.75 Å². The van der Waals surface area contributed by atoms with Gasteiger partial charge in [0.15, 0.2) is 0 Å². The summed E-state index contributed by atoms with van der Waals surface area (Å²) in [6, 6.07) is 5.98. The molecule has 1 heterocycles. The lowest BCUT2D eigenvalue weighted by atomic mass is 10.0. The Morgan fingerprint density at radius 2 is 2.25 bits per heavy atom. The monoisotopic (exact) mass is 161 g/mol. The highest BCUT2D eigenvalue weighted by molar-refractivity contribution is 5.80. The van der Waals surface area contributed by atoms with E-state index in [9.17, 15) is 0 Å². The van der Waals surface area contributed by atoms with Crippen LogP contribution in [0.15, 0.2) is 23.2 Å². The van der Waals surface area contributed by atoms with Crippen LogP contribution in [0.3, 0.4) is 0 Å². The molecule has 0 saturated carbocycles. The van der Waals surface area contributed by atoms with Crippen LogP contribution in [0.4, 0.5) is 5.69 Å². The van der Waals surface area contributed by atoms with Gasteiger partial charge in [-0.2, -0.15) is 0 Å². The molecular formula is C10H11NO. The van der Waals surface area contributed by atoms with Crippen LogP contribution in [-0.4, -0.2) is 13.3 Å². The summed E-state index contributed by atoms with van der Waals surface area (Å²) < 4.78 is 5.13. The molecule has 2 nitrogen and oxygen atoms in total. The first-order valence-electron chi connectivity index (χ1n) is 4.03. The van der Waals surface area contributed by atoms with Gasteiger partial charge in [-0.15, -0.1) is 0 Å². The molecule has 0 fully saturated rings. The molecule has 0 saturated heterocycles. The van der Waals surface area contributed by atoms with Crippen LogP contribution in [-0.2, 0) is 0 Å². The average Bonchev–Trinajstić information content (AvgIpc) is 2.47. The smallest absolute Gasteiger partial charge is 0.119 e. The van der Waals surface area contributed by atoms with Gasteiger partial charge in [0, 0.05) is 12.1 Å². The fourth-order valence-corrected chi connectivity index (χ4v) is 1.41. The van der Waals surface area contributed by atoms with Crippen molar-refractivity contribution in [2.45, 2.75) is 12.8 Å². The van der Waals surface area contributed by atoms with E-state index in [0.717, 1.165) is 11.4 Å². The van der Waals surface area contributed by atoms with E-state index in [-0.39, 0.29) is 0 Å². The van der Waals surface area contributed by atoms with Gasteiger partial charge < -0.3 is 4.74 Å². The maximum Gasteiger partial charge on any atom is 0.119 e. The van der Waals surface area contributed by atoms with E-state index < -0.39 is 0 Å². The second-order valence-corrected chi connectivity index (χ2v) is 2.99. The lowest BCUT2D eigenvalue weighted by Gasteiger charge is -2.04. The highest BCUT2D eigenvalue weighted by atomic mass is 16.5. The second kappa shape index (κ2) is 2.63. The summed E-state index contributed by atoms with van der Waals surface area (Å²) in [4.78, 5) is 4.28. The van der Waals surface area contributed by atoms with E-state index in [1.807, 2.05) is 24.4 Å². The van der Waals surface area contributed by atoms with Crippen molar-refractivity contribution >= 4 is 11.9 Å². The number of ether oxygens (including phenoxy) is 1. The Labute approximate surface area is 71.9 Å². The zero-order valence-corrected chi connectivity index (χ0v) is 7.24. The number of methoxy groups -OCH3 is 1. The van der Waals surface area contributed by atoms with Gasteiger partial charge >= 0.3 is 0 Å². The lowest BCUT2D eigenvalue weighted by molar-refractivity contribution is 0.414. The third-order valence-corrected chi connectivity index (χ3v) is 2.16. The first-order valence-corrected chi connectivity index (χ1v) is 4.03. The average molecular weight is 161 g/mol. The molecule has 0 radical (unpaired) electrons. The number of benzene rings is 1. The van der Waals surface area contributed by atoms with Crippen LogP contribution in [0.1, 0.15) is 18.4 Å². The molecular weight excluding hydrogens is 150 g/mol. The molecule has 0 amide bonds. The molecule has 1 aliphatic rings. The molecule has 1 aromatic rings. The summed E-state index contributed by atoms with van der Waals surface area (Å²) >= 11 is 0. The molecule has 0 spiro atoms. The van der Waals surface area contributed by atoms with Crippen molar-refractivity contribution in [2.75, 3.05) is 7.11 Å². The van der Waals surface area contributed by atoms with Gasteiger partial charge in [-0.1, -0.05) is 6.92 Å². The van der Waals surface area contributed by atoms with Crippen molar-refractivity contribution < 1.29 is 4.74 Å². The Morgan fingerprint density at radius 3 is 3.00 bits per heavy atom. The quantitative estimate of drug-likeness (QED) is 0.620. The van der Waals surface area contributed by atoms with Crippen LogP contribution in [0.5, 0.6) is 5.75 Å². The van der Waals surface area contributed by atoms with Gasteiger partial charge in [0.2, 0.25) is 0 Å². The van der Waals surface area contributed by atoms with E-state index in [4.69, 9.17) is 4.74 Å². The van der Waals surface area contributed by atoms with Crippen molar-refractivity contribution in [2.24, 2.45) is 4.99 Å². The van der Waals surface area contributed by atoms with Crippen molar-refractivity contribution in [3.63, 3.8) is 0 Å². The molecule has 2 heteroatoms. The Bertz CT molecular complexity index is 331. The SMILES string of the molecule is COc1ccc2c(c1)C(C)C=N2. The fourth-order valence-electron chi connectivity index (χ4n) is 1.41. The highest BCUT2D eigenvalue weighted by Crippen LogP contribution is 2.34. The lowest BCUT2D eigenvalue weighted by Crippen LogP contribution is -1.89. The summed E-state index contributed by atoms with van der Waals surface area (Å²) in [6.07, 6.45) is 1.96. The molecule has 12 heavy (non-hydrogen) atoms. The van der Waals surface area contributed by atoms with Gasteiger partial charge in [0.25, 0.3) is 0 Å². The topological polar surface area (TPSA) is 21.6 Å². The second-order valence-electron chi connectivity index (χ2n) is 2.99. The van der Waals surface area contributed by atoms with Gasteiger partial charge in [0.1, 0.15) is 5.75 Å². The van der Waals surface area contributed by atoms with Gasteiger partial charge in [-0.3, -0.25) is 4.99 Å². The van der Waals surface area contributed by atoms with Gasteiger partial charge in [-0.25, -0.2) is 0 Å². The molecule has 0 N–H and O–H groups in total. The highest BCUT2D eigenvalue weighted by Gasteiger charge is 2.14. The first kappa shape index (κ1) is 7.35. The zero-order chi connectivity index (χ0) is 8.55. The zero-order valence-electron chi connectivity index (χ0n) is 7.24. The Kier molecular flexibility index (Phi) is 1.61. The van der Waals surface area contributed by atoms with Crippen LogP contribution < -0.4 is 4.74 Å². The standard InChI is InChI=1S/C10H11NO/c1-7-6-11-10-4-3-8(12-2)5-9(7)10/h3-7H,1-2H3. The molecule has 1 unspecified atom stereocenters. The first-order chi connectivity index (χ1) is 5.81. The molecule has 0 bridgehead atoms. The third kappa shape index (κ3) is 0.998. The van der Waals surface area contributed by atoms with Crippen molar-refractivity contribution in [1.29, 1.82) is 0 Å². The van der Waals surface area contributed by atoms with Crippen LogP contribution >= 0.6 is 0 Å². The third-order valence-electron chi connectivity index (χ3n) is 2.16. The van der Waals surface area contributed by atoms with E-state index in [2.05, 4.69) is 11.9 Å². The van der Waals surface area contributed by atoms with Crippen molar-refractivity contribution in [3.05, 3.63) is 23.8 Å². The van der Waals surface area contributed by atoms with Crippen LogP contribution in [0.25, 0.3) is 0 Å². The number of aliphatic imine (C=N–C) groups is 1. The number of hydrogen-bond donors (Lipinski definition) is 0. The molecule has 2 rings (SSSR count). The Morgan fingerprint density at radius 1 is 1.42 bits per heavy atom. The summed E-state index contributed by atoms with van der Waals surface area (Å²) in [6.45, 7) is 2.13. The molecule has 1 aliphatic heterocycles. The molecule has 1 aromatic carbocycles. The normalized spacial score (nSPS) is 19.3. The Hall–Kier alpha value is -1.31. The maximum atomic E-state index is 5.13. The minimum absolute atomic E-state index is 0.426. The van der Waals surface area contributed by atoms with E-state index in [0.29, 0.717) is 5.92 Å². The van der Waals surface area contributed by atoms with Crippen molar-refractivity contribution in [1.82, 2.24) is 0 Å². The number of rotatable bonds is 1. The predicted octanol–water partition coefficient (Wildman–Crippen LogP) is 2.51. The predicted molar refractivity (Wildman–Crippen MR) is 49.6 cm³/mol. The Balaban J connectivity index is 2.48. The van der Waals surface area contributed by atoms with E-state index >= 15 is 0 Å². The number of fused-ring (bicyclic) bond motifs is 1. The summed E-state index contributed by atoms with van der Waals surface area (Å²) in [5.41, 5.74) is 2.33. The largest absolute Gasteiger partial charge is 0.497 e. The maximum absolute atomic E-state index is 5.13. The minimum Gasteiger partial charge on any atom is -0.497 e. The summed E-state index contributed by atoms with van der Waals surface area (Å²) in [7, 11) is 1.68. The van der Waals surface area contributed by atoms with E-state index in [1.54, 1.807) is 7.11 Å².